The number of piperidine rings is 1. The van der Waals surface area contributed by atoms with E-state index in [4.69, 9.17) is 10.2 Å². The molecule has 0 amide bonds. The second kappa shape index (κ2) is 9.26. The van der Waals surface area contributed by atoms with Crippen LogP contribution in [-0.2, 0) is 9.84 Å². The number of nitrogens with zero attached hydrogens (tertiary/aromatic N) is 4. The van der Waals surface area contributed by atoms with Crippen LogP contribution >= 0.6 is 0 Å². The Balaban J connectivity index is 1.43. The standard InChI is InChI=1S/C23H32N8O2S/c1-14-8-22(30-29-14)27-21-12-20-19(11-18(13-25-20)34(2,32)33)23(28-21)26-15-9-16-4-5-17(10-15)31(16)7-3-6-24/h11-17,22,29-30H,3-5,7-10H2,1-2H3,(H2,26,27,28)/t14?,15?,16-,17+,22?. The van der Waals surface area contributed by atoms with Gasteiger partial charge in [0, 0.05) is 61.0 Å². The van der Waals surface area contributed by atoms with E-state index in [1.165, 1.54) is 12.5 Å². The van der Waals surface area contributed by atoms with Crippen molar-refractivity contribution in [3.05, 3.63) is 18.3 Å². The van der Waals surface area contributed by atoms with Gasteiger partial charge in [-0.1, -0.05) is 0 Å². The van der Waals surface area contributed by atoms with Crippen molar-refractivity contribution in [3.63, 3.8) is 0 Å². The van der Waals surface area contributed by atoms with Gasteiger partial charge in [-0.15, -0.1) is 0 Å². The molecule has 2 aromatic heterocycles. The molecular formula is C23H32N8O2S. The third-order valence-electron chi connectivity index (χ3n) is 7.20. The van der Waals surface area contributed by atoms with Crippen molar-refractivity contribution in [2.75, 3.05) is 23.4 Å². The number of sulfone groups is 1. The normalized spacial score (nSPS) is 29.3. The molecule has 3 aliphatic rings. The average molecular weight is 485 g/mol. The lowest BCUT2D eigenvalue weighted by Crippen LogP contribution is -2.47. The lowest BCUT2D eigenvalue weighted by Gasteiger charge is -2.39. The van der Waals surface area contributed by atoms with Crippen molar-refractivity contribution in [2.45, 2.75) is 80.7 Å². The first-order valence-electron chi connectivity index (χ1n) is 12.0. The highest BCUT2D eigenvalue weighted by atomic mass is 32.2. The van der Waals surface area contributed by atoms with Crippen LogP contribution in [-0.4, -0.2) is 66.4 Å². The molecule has 2 aromatic rings. The Morgan fingerprint density at radius 2 is 1.94 bits per heavy atom. The lowest BCUT2D eigenvalue weighted by molar-refractivity contribution is 0.136. The predicted octanol–water partition coefficient (Wildman–Crippen LogP) is 1.98. The van der Waals surface area contributed by atoms with E-state index in [1.807, 2.05) is 6.07 Å². The Bertz CT molecular complexity index is 1200. The maximum Gasteiger partial charge on any atom is 0.177 e. The van der Waals surface area contributed by atoms with Crippen molar-refractivity contribution in [1.29, 1.82) is 5.26 Å². The van der Waals surface area contributed by atoms with Crippen LogP contribution in [0.5, 0.6) is 0 Å². The first-order valence-corrected chi connectivity index (χ1v) is 13.9. The Labute approximate surface area is 200 Å². The van der Waals surface area contributed by atoms with Gasteiger partial charge in [-0.05, 0) is 45.1 Å². The van der Waals surface area contributed by atoms with Gasteiger partial charge >= 0.3 is 0 Å². The summed E-state index contributed by atoms with van der Waals surface area (Å²) in [6.45, 7) is 2.95. The first kappa shape index (κ1) is 23.2. The molecule has 5 atom stereocenters. The van der Waals surface area contributed by atoms with E-state index in [0.29, 0.717) is 47.1 Å². The molecule has 3 unspecified atom stereocenters. The zero-order valence-corrected chi connectivity index (χ0v) is 20.4. The highest BCUT2D eigenvalue weighted by Gasteiger charge is 2.40. The number of pyridine rings is 2. The predicted molar refractivity (Wildman–Crippen MR) is 131 cm³/mol. The lowest BCUT2D eigenvalue weighted by atomic mass is 9.97. The molecule has 5 rings (SSSR count). The fourth-order valence-electron chi connectivity index (χ4n) is 5.61. The zero-order valence-electron chi connectivity index (χ0n) is 19.6. The minimum atomic E-state index is -3.39. The van der Waals surface area contributed by atoms with E-state index in [9.17, 15) is 8.42 Å². The van der Waals surface area contributed by atoms with E-state index in [1.54, 1.807) is 6.07 Å². The van der Waals surface area contributed by atoms with Crippen molar-refractivity contribution >= 4 is 32.4 Å². The monoisotopic (exact) mass is 484 g/mol. The summed E-state index contributed by atoms with van der Waals surface area (Å²) in [6, 6.07) is 7.33. The van der Waals surface area contributed by atoms with Crippen LogP contribution in [0, 0.1) is 11.3 Å². The number of fused-ring (bicyclic) bond motifs is 3. The second-order valence-corrected chi connectivity index (χ2v) is 11.8. The molecule has 3 fully saturated rings. The summed E-state index contributed by atoms with van der Waals surface area (Å²) in [7, 11) is -3.39. The molecular weight excluding hydrogens is 452 g/mol. The second-order valence-electron chi connectivity index (χ2n) is 9.83. The van der Waals surface area contributed by atoms with Crippen LogP contribution in [0.25, 0.3) is 10.9 Å². The van der Waals surface area contributed by atoms with Crippen LogP contribution < -0.4 is 21.5 Å². The molecule has 0 aliphatic carbocycles. The van der Waals surface area contributed by atoms with Crippen molar-refractivity contribution < 1.29 is 8.42 Å². The third kappa shape index (κ3) is 4.81. The number of nitrogens with one attached hydrogen (secondary N) is 4. The third-order valence-corrected chi connectivity index (χ3v) is 8.28. The maximum atomic E-state index is 12.2. The first-order chi connectivity index (χ1) is 16.3. The Hall–Kier alpha value is -2.52. The summed E-state index contributed by atoms with van der Waals surface area (Å²) in [5.74, 6) is 1.35. The molecule has 3 saturated heterocycles. The summed E-state index contributed by atoms with van der Waals surface area (Å²) in [5, 5.41) is 16.8. The van der Waals surface area contributed by atoms with Crippen molar-refractivity contribution in [2.24, 2.45) is 0 Å². The summed E-state index contributed by atoms with van der Waals surface area (Å²) in [6.07, 6.45) is 8.40. The van der Waals surface area contributed by atoms with E-state index >= 15 is 0 Å². The van der Waals surface area contributed by atoms with Gasteiger partial charge in [0.15, 0.2) is 9.84 Å². The minimum absolute atomic E-state index is 0.0438. The molecule has 182 valence electrons. The Morgan fingerprint density at radius 3 is 2.59 bits per heavy atom. The average Bonchev–Trinajstić information content (AvgIpc) is 3.30. The summed E-state index contributed by atoms with van der Waals surface area (Å²) in [5.41, 5.74) is 7.12. The number of hydrazine groups is 1. The molecule has 5 heterocycles. The maximum absolute atomic E-state index is 12.2. The molecule has 2 bridgehead atoms. The van der Waals surface area contributed by atoms with Crippen LogP contribution in [0.1, 0.15) is 45.4 Å². The Kier molecular flexibility index (Phi) is 6.33. The number of hydrogen-bond acceptors (Lipinski definition) is 10. The quantitative estimate of drug-likeness (QED) is 0.462. The summed E-state index contributed by atoms with van der Waals surface area (Å²) >= 11 is 0. The van der Waals surface area contributed by atoms with Gasteiger partial charge in [-0.25, -0.2) is 18.8 Å². The highest BCUT2D eigenvalue weighted by molar-refractivity contribution is 7.90. The Morgan fingerprint density at radius 1 is 1.18 bits per heavy atom. The SMILES string of the molecule is CC1CC(Nc2cc3ncc(S(C)(=O)=O)cc3c(NC3C[C@H]4CC[C@@H](C3)N4CCC#N)n2)NN1. The van der Waals surface area contributed by atoms with Gasteiger partial charge < -0.3 is 10.6 Å². The topological polar surface area (TPSA) is 135 Å². The molecule has 11 heteroatoms. The number of hydrogen-bond donors (Lipinski definition) is 4. The van der Waals surface area contributed by atoms with Crippen LogP contribution in [0.4, 0.5) is 11.6 Å². The minimum Gasteiger partial charge on any atom is -0.367 e. The number of nitriles is 1. The van der Waals surface area contributed by atoms with E-state index in [0.717, 1.165) is 38.6 Å². The molecule has 4 N–H and O–H groups in total. The smallest absolute Gasteiger partial charge is 0.177 e. The van der Waals surface area contributed by atoms with Crippen LogP contribution in [0.15, 0.2) is 23.2 Å². The molecule has 10 nitrogen and oxygen atoms in total. The molecule has 0 aromatic carbocycles. The molecule has 0 spiro atoms. The van der Waals surface area contributed by atoms with Gasteiger partial charge in [-0.2, -0.15) is 5.26 Å². The largest absolute Gasteiger partial charge is 0.367 e. The molecule has 34 heavy (non-hydrogen) atoms. The molecule has 0 saturated carbocycles. The fourth-order valence-corrected chi connectivity index (χ4v) is 6.18. The van der Waals surface area contributed by atoms with Crippen LogP contribution in [0.3, 0.4) is 0 Å². The van der Waals surface area contributed by atoms with Gasteiger partial charge in [0.2, 0.25) is 0 Å². The van der Waals surface area contributed by atoms with Gasteiger partial charge in [-0.3, -0.25) is 15.3 Å². The fraction of sp³-hybridized carbons (Fsp3) is 0.609. The van der Waals surface area contributed by atoms with Crippen molar-refractivity contribution in [3.8, 4) is 6.07 Å². The number of aromatic nitrogens is 2. The molecule has 3 aliphatic heterocycles. The van der Waals surface area contributed by atoms with E-state index < -0.39 is 9.84 Å². The van der Waals surface area contributed by atoms with Gasteiger partial charge in [0.05, 0.1) is 22.6 Å². The molecule has 0 radical (unpaired) electrons. The summed E-state index contributed by atoms with van der Waals surface area (Å²) < 4.78 is 24.4. The summed E-state index contributed by atoms with van der Waals surface area (Å²) in [4.78, 5) is 12.0. The van der Waals surface area contributed by atoms with Gasteiger partial charge in [0.25, 0.3) is 0 Å². The number of rotatable bonds is 7. The highest BCUT2D eigenvalue weighted by Crippen LogP contribution is 2.37. The van der Waals surface area contributed by atoms with Crippen LogP contribution in [0.2, 0.25) is 0 Å². The van der Waals surface area contributed by atoms with Crippen molar-refractivity contribution in [1.82, 2.24) is 25.7 Å². The van der Waals surface area contributed by atoms with E-state index in [2.05, 4.69) is 44.4 Å². The van der Waals surface area contributed by atoms with E-state index in [-0.39, 0.29) is 17.1 Å². The van der Waals surface area contributed by atoms with Gasteiger partial charge in [0.1, 0.15) is 11.6 Å². The zero-order chi connectivity index (χ0) is 23.9. The number of anilines is 2.